The zero-order valence-electron chi connectivity index (χ0n) is 8.08. The summed E-state index contributed by atoms with van der Waals surface area (Å²) < 4.78 is 0. The molecule has 0 saturated heterocycles. The van der Waals surface area contributed by atoms with Crippen LogP contribution in [-0.4, -0.2) is 17.3 Å². The van der Waals surface area contributed by atoms with Gasteiger partial charge in [0.15, 0.2) is 0 Å². The van der Waals surface area contributed by atoms with E-state index in [1.54, 1.807) is 11.3 Å². The van der Waals surface area contributed by atoms with Crippen molar-refractivity contribution >= 4 is 17.1 Å². The van der Waals surface area contributed by atoms with Gasteiger partial charge in [0.1, 0.15) is 5.78 Å². The zero-order chi connectivity index (χ0) is 9.97. The normalized spacial score (nSPS) is 15.6. The molecule has 4 heteroatoms. The highest BCUT2D eigenvalue weighted by Gasteiger charge is 2.19. The first-order chi connectivity index (χ1) is 6.79. The summed E-state index contributed by atoms with van der Waals surface area (Å²) in [5.41, 5.74) is 6.60. The van der Waals surface area contributed by atoms with E-state index in [1.807, 2.05) is 0 Å². The Bertz CT molecular complexity index is 346. The third kappa shape index (κ3) is 2.01. The number of aromatic nitrogens is 1. The Labute approximate surface area is 87.3 Å². The Morgan fingerprint density at radius 3 is 3.07 bits per heavy atom. The van der Waals surface area contributed by atoms with Gasteiger partial charge in [-0.3, -0.25) is 4.79 Å². The molecule has 0 amide bonds. The number of thiazole rings is 1. The maximum atomic E-state index is 11.2. The quantitative estimate of drug-likeness (QED) is 0.812. The van der Waals surface area contributed by atoms with Crippen LogP contribution in [0, 0.1) is 0 Å². The van der Waals surface area contributed by atoms with Crippen molar-refractivity contribution in [2.75, 3.05) is 6.54 Å². The summed E-state index contributed by atoms with van der Waals surface area (Å²) in [4.78, 5) is 16.9. The van der Waals surface area contributed by atoms with Crippen molar-refractivity contribution in [1.29, 1.82) is 0 Å². The van der Waals surface area contributed by atoms with Gasteiger partial charge in [-0.1, -0.05) is 0 Å². The largest absolute Gasteiger partial charge is 0.330 e. The molecule has 0 aliphatic heterocycles. The van der Waals surface area contributed by atoms with Gasteiger partial charge in [0.2, 0.25) is 0 Å². The van der Waals surface area contributed by atoms with Crippen LogP contribution in [0.2, 0.25) is 0 Å². The molecule has 2 rings (SSSR count). The number of rotatable bonds is 3. The predicted octanol–water partition coefficient (Wildman–Crippen LogP) is 1.09. The Balaban J connectivity index is 2.11. The molecule has 76 valence electrons. The van der Waals surface area contributed by atoms with Crippen LogP contribution in [-0.2, 0) is 24.1 Å². The Kier molecular flexibility index (Phi) is 2.93. The number of carbonyl (C=O) groups excluding carboxylic acids is 1. The van der Waals surface area contributed by atoms with Gasteiger partial charge >= 0.3 is 0 Å². The average Bonchev–Trinajstić information content (AvgIpc) is 2.56. The first-order valence-electron chi connectivity index (χ1n) is 4.99. The van der Waals surface area contributed by atoms with Crippen LogP contribution in [0.3, 0.4) is 0 Å². The molecule has 0 saturated carbocycles. The first-order valence-corrected chi connectivity index (χ1v) is 5.80. The molecule has 0 radical (unpaired) electrons. The highest BCUT2D eigenvalue weighted by atomic mass is 32.1. The lowest BCUT2D eigenvalue weighted by Gasteiger charge is -2.06. The minimum atomic E-state index is 0.353. The van der Waals surface area contributed by atoms with Crippen LogP contribution >= 0.6 is 11.3 Å². The summed E-state index contributed by atoms with van der Waals surface area (Å²) in [5, 5.41) is 1.15. The van der Waals surface area contributed by atoms with E-state index in [1.165, 1.54) is 4.88 Å². The van der Waals surface area contributed by atoms with Gasteiger partial charge in [0.25, 0.3) is 0 Å². The van der Waals surface area contributed by atoms with Gasteiger partial charge in [-0.15, -0.1) is 11.3 Å². The molecule has 2 N–H and O–H groups in total. The number of aryl methyl sites for hydroxylation is 2. The lowest BCUT2D eigenvalue weighted by molar-refractivity contribution is -0.118. The molecule has 0 spiro atoms. The van der Waals surface area contributed by atoms with Crippen molar-refractivity contribution in [3.8, 4) is 0 Å². The molecular formula is C10H14N2OS. The Morgan fingerprint density at radius 1 is 1.43 bits per heavy atom. The fourth-order valence-electron chi connectivity index (χ4n) is 1.66. The van der Waals surface area contributed by atoms with Crippen molar-refractivity contribution < 1.29 is 4.79 Å². The highest BCUT2D eigenvalue weighted by Crippen LogP contribution is 2.25. The van der Waals surface area contributed by atoms with E-state index in [4.69, 9.17) is 5.73 Å². The molecule has 1 aliphatic rings. The molecule has 1 aromatic rings. The number of nitrogens with zero attached hydrogens (tertiary/aromatic N) is 1. The zero-order valence-corrected chi connectivity index (χ0v) is 8.90. The maximum Gasteiger partial charge on any atom is 0.138 e. The van der Waals surface area contributed by atoms with E-state index >= 15 is 0 Å². The van der Waals surface area contributed by atoms with Crippen LogP contribution in [0.15, 0.2) is 0 Å². The second-order valence-corrected chi connectivity index (χ2v) is 4.75. The molecule has 1 heterocycles. The van der Waals surface area contributed by atoms with Gasteiger partial charge in [-0.05, 0) is 19.4 Å². The molecular weight excluding hydrogens is 196 g/mol. The van der Waals surface area contributed by atoms with E-state index in [0.29, 0.717) is 25.2 Å². The number of hydrogen-bond acceptors (Lipinski definition) is 4. The van der Waals surface area contributed by atoms with Crippen LogP contribution in [0.4, 0.5) is 0 Å². The molecule has 1 aromatic heterocycles. The topological polar surface area (TPSA) is 56.0 Å². The van der Waals surface area contributed by atoms with Gasteiger partial charge in [0, 0.05) is 24.1 Å². The summed E-state index contributed by atoms with van der Waals surface area (Å²) in [6.07, 6.45) is 4.07. The predicted molar refractivity (Wildman–Crippen MR) is 56.5 cm³/mol. The van der Waals surface area contributed by atoms with Gasteiger partial charge < -0.3 is 5.73 Å². The molecule has 1 aliphatic carbocycles. The molecule has 0 fully saturated rings. The van der Waals surface area contributed by atoms with Crippen LogP contribution in [0.5, 0.6) is 0 Å². The number of fused-ring (bicyclic) bond motifs is 1. The fourth-order valence-corrected chi connectivity index (χ4v) is 2.84. The number of carbonyl (C=O) groups is 1. The molecule has 0 aromatic carbocycles. The Hall–Kier alpha value is -0.740. The van der Waals surface area contributed by atoms with Crippen LogP contribution in [0.25, 0.3) is 0 Å². The second-order valence-electron chi connectivity index (χ2n) is 3.59. The summed E-state index contributed by atoms with van der Waals surface area (Å²) in [6, 6.07) is 0. The third-order valence-corrected chi connectivity index (χ3v) is 3.57. The maximum absolute atomic E-state index is 11.2. The number of nitrogens with two attached hydrogens (primary N) is 1. The molecule has 14 heavy (non-hydrogen) atoms. The van der Waals surface area contributed by atoms with Crippen LogP contribution < -0.4 is 5.73 Å². The number of hydrogen-bond donors (Lipinski definition) is 1. The van der Waals surface area contributed by atoms with Crippen LogP contribution in [0.1, 0.15) is 28.4 Å². The summed E-state index contributed by atoms with van der Waals surface area (Å²) in [6.45, 7) is 0.711. The highest BCUT2D eigenvalue weighted by molar-refractivity contribution is 7.11. The first kappa shape index (κ1) is 9.80. The van der Waals surface area contributed by atoms with Crippen molar-refractivity contribution in [3.05, 3.63) is 15.6 Å². The van der Waals surface area contributed by atoms with E-state index in [0.717, 1.165) is 30.0 Å². The molecule has 0 bridgehead atoms. The minimum Gasteiger partial charge on any atom is -0.330 e. The second kappa shape index (κ2) is 4.19. The summed E-state index contributed by atoms with van der Waals surface area (Å²) in [5.74, 6) is 0.353. The average molecular weight is 210 g/mol. The van der Waals surface area contributed by atoms with Crippen molar-refractivity contribution in [3.63, 3.8) is 0 Å². The lowest BCUT2D eigenvalue weighted by Crippen LogP contribution is -2.11. The SMILES string of the molecule is NCCCc1nc2c(s1)CC(=O)CC2. The Morgan fingerprint density at radius 2 is 2.29 bits per heavy atom. The minimum absolute atomic E-state index is 0.353. The monoisotopic (exact) mass is 210 g/mol. The smallest absolute Gasteiger partial charge is 0.138 e. The van der Waals surface area contributed by atoms with E-state index in [9.17, 15) is 4.79 Å². The van der Waals surface area contributed by atoms with E-state index in [2.05, 4.69) is 4.98 Å². The lowest BCUT2D eigenvalue weighted by atomic mass is 10.0. The molecule has 0 atom stereocenters. The van der Waals surface area contributed by atoms with Gasteiger partial charge in [0.05, 0.1) is 10.7 Å². The van der Waals surface area contributed by atoms with Gasteiger partial charge in [-0.25, -0.2) is 4.98 Å². The molecule has 3 nitrogen and oxygen atoms in total. The third-order valence-electron chi connectivity index (χ3n) is 2.42. The van der Waals surface area contributed by atoms with Crippen molar-refractivity contribution in [2.45, 2.75) is 32.1 Å². The number of ketones is 1. The summed E-state index contributed by atoms with van der Waals surface area (Å²) >= 11 is 1.69. The van der Waals surface area contributed by atoms with Crippen molar-refractivity contribution in [1.82, 2.24) is 4.98 Å². The standard InChI is InChI=1S/C10H14N2OS/c11-5-1-2-10-12-8-4-3-7(13)6-9(8)14-10/h1-6,11H2. The summed E-state index contributed by atoms with van der Waals surface area (Å²) in [7, 11) is 0. The van der Waals surface area contributed by atoms with E-state index in [-0.39, 0.29) is 0 Å². The fraction of sp³-hybridized carbons (Fsp3) is 0.600. The van der Waals surface area contributed by atoms with Gasteiger partial charge in [-0.2, -0.15) is 0 Å². The van der Waals surface area contributed by atoms with Crippen molar-refractivity contribution in [2.24, 2.45) is 5.73 Å². The number of Topliss-reactive ketones (excluding diaryl/α,β-unsaturated/α-hetero) is 1. The van der Waals surface area contributed by atoms with E-state index < -0.39 is 0 Å². The molecule has 0 unspecified atom stereocenters.